The first-order chi connectivity index (χ1) is 23.0. The monoisotopic (exact) mass is 656 g/mol. The van der Waals surface area contributed by atoms with E-state index in [0.29, 0.717) is 48.3 Å². The van der Waals surface area contributed by atoms with E-state index in [1.807, 2.05) is 12.2 Å². The Hall–Kier alpha value is -4.02. The molecule has 6 atom stereocenters. The van der Waals surface area contributed by atoms with E-state index < -0.39 is 10.8 Å². The van der Waals surface area contributed by atoms with Gasteiger partial charge in [0.05, 0.1) is 28.4 Å². The summed E-state index contributed by atoms with van der Waals surface area (Å²) >= 11 is 0. The maximum atomic E-state index is 13.3. The fraction of sp³-hybridized carbons (Fsp3) is 0.526. The highest BCUT2D eigenvalue weighted by Crippen LogP contribution is 2.62. The quantitative estimate of drug-likeness (QED) is 0.489. The van der Waals surface area contributed by atoms with Crippen molar-refractivity contribution in [3.8, 4) is 34.1 Å². The van der Waals surface area contributed by atoms with E-state index in [2.05, 4.69) is 36.0 Å². The second-order valence-electron chi connectivity index (χ2n) is 14.7. The van der Waals surface area contributed by atoms with Crippen molar-refractivity contribution in [3.05, 3.63) is 58.1 Å². The predicted molar refractivity (Wildman–Crippen MR) is 178 cm³/mol. The number of benzene rings is 2. The fourth-order valence-corrected chi connectivity index (χ4v) is 10.7. The van der Waals surface area contributed by atoms with Gasteiger partial charge in [0.25, 0.3) is 0 Å². The van der Waals surface area contributed by atoms with Crippen molar-refractivity contribution in [3.63, 3.8) is 0 Å². The largest absolute Gasteiger partial charge is 0.504 e. The Bertz CT molecular complexity index is 1700. The van der Waals surface area contributed by atoms with E-state index in [0.717, 1.165) is 35.3 Å². The van der Waals surface area contributed by atoms with E-state index in [4.69, 9.17) is 18.9 Å². The normalized spacial score (nSPS) is 32.2. The molecule has 6 aliphatic rings. The first-order valence-electron chi connectivity index (χ1n) is 16.9. The molecule has 0 aromatic heterocycles. The van der Waals surface area contributed by atoms with Crippen molar-refractivity contribution >= 4 is 11.6 Å². The third kappa shape index (κ3) is 3.93. The first kappa shape index (κ1) is 31.3. The van der Waals surface area contributed by atoms with Gasteiger partial charge in [-0.3, -0.25) is 9.59 Å². The van der Waals surface area contributed by atoms with Gasteiger partial charge in [-0.15, -0.1) is 0 Å². The summed E-state index contributed by atoms with van der Waals surface area (Å²) < 4.78 is 23.0. The number of methoxy groups -OCH3 is 4. The minimum atomic E-state index is -0.583. The number of ether oxygens (including phenoxy) is 4. The molecule has 8 rings (SSSR count). The lowest BCUT2D eigenvalue weighted by Gasteiger charge is -2.57. The van der Waals surface area contributed by atoms with Gasteiger partial charge in [-0.25, -0.2) is 0 Å². The standard InChI is InChI=1S/C38H44N2O8/c1-39-9-7-37-17-27(41)29(45-3)15-23(37)25(39)13-19-11-21(35(47-5)33(43)31(19)37)22-12-20-14-26-24-16-30(46-4)28(42)18-38(24,8-10-40(26)2)32(20)34(44)36(22)48-6/h11-12,15-16,23-26,43-44H,7-10,13-14,17-18H2,1-6H3/t23-,24-,25+,26+,37-,38+/m1/s1. The number of phenols is 2. The number of rotatable bonds is 5. The summed E-state index contributed by atoms with van der Waals surface area (Å²) in [6, 6.07) is 4.36. The molecule has 0 radical (unpaired) electrons. The molecule has 0 unspecified atom stereocenters. The molecule has 4 bridgehead atoms. The van der Waals surface area contributed by atoms with Gasteiger partial charge >= 0.3 is 0 Å². The van der Waals surface area contributed by atoms with Crippen LogP contribution in [0.2, 0.25) is 0 Å². The van der Waals surface area contributed by atoms with Crippen molar-refractivity contribution in [2.24, 2.45) is 11.8 Å². The fourth-order valence-electron chi connectivity index (χ4n) is 10.7. The molecule has 48 heavy (non-hydrogen) atoms. The lowest BCUT2D eigenvalue weighted by Crippen LogP contribution is -2.60. The highest BCUT2D eigenvalue weighted by molar-refractivity contribution is 5.97. The van der Waals surface area contributed by atoms with Crippen LogP contribution in [0.4, 0.5) is 0 Å². The van der Waals surface area contributed by atoms with Crippen LogP contribution in [0, 0.1) is 11.8 Å². The van der Waals surface area contributed by atoms with E-state index >= 15 is 0 Å². The summed E-state index contributed by atoms with van der Waals surface area (Å²) in [5.41, 5.74) is 3.55. The summed E-state index contributed by atoms with van der Waals surface area (Å²) in [4.78, 5) is 31.4. The van der Waals surface area contributed by atoms with Gasteiger partial charge in [-0.05, 0) is 88.3 Å². The number of likely N-dealkylation sites (N-methyl/N-ethyl adjacent to an activating group) is 2. The number of ketones is 2. The highest BCUT2D eigenvalue weighted by Gasteiger charge is 2.58. The van der Waals surface area contributed by atoms with Gasteiger partial charge in [-0.2, -0.15) is 0 Å². The molecule has 2 saturated heterocycles. The van der Waals surface area contributed by atoms with Crippen molar-refractivity contribution in [1.29, 1.82) is 0 Å². The van der Waals surface area contributed by atoms with Crippen LogP contribution in [0.1, 0.15) is 47.9 Å². The molecule has 254 valence electrons. The van der Waals surface area contributed by atoms with Crippen molar-refractivity contribution in [1.82, 2.24) is 9.80 Å². The molecule has 2 aromatic carbocycles. The number of carbonyl (C=O) groups is 2. The summed E-state index contributed by atoms with van der Waals surface area (Å²) in [5.74, 6) is 1.29. The van der Waals surface area contributed by atoms with Gasteiger partial charge in [0.2, 0.25) is 0 Å². The third-order valence-electron chi connectivity index (χ3n) is 12.9. The summed E-state index contributed by atoms with van der Waals surface area (Å²) in [6.07, 6.45) is 7.21. The Morgan fingerprint density at radius 2 is 1.06 bits per heavy atom. The number of carbonyl (C=O) groups excluding carboxylic acids is 2. The Balaban J connectivity index is 1.34. The van der Waals surface area contributed by atoms with Gasteiger partial charge in [0, 0.05) is 69.8 Å². The molecule has 0 amide bonds. The number of fused-ring (bicyclic) bond motifs is 2. The number of hydrogen-bond acceptors (Lipinski definition) is 10. The van der Waals surface area contributed by atoms with Crippen LogP contribution in [0.15, 0.2) is 35.8 Å². The van der Waals surface area contributed by atoms with Crippen molar-refractivity contribution in [2.75, 3.05) is 55.6 Å². The Kier molecular flexibility index (Phi) is 6.99. The van der Waals surface area contributed by atoms with E-state index in [-0.39, 0.29) is 71.3 Å². The Morgan fingerprint density at radius 1 is 0.667 bits per heavy atom. The Morgan fingerprint density at radius 3 is 1.42 bits per heavy atom. The van der Waals surface area contributed by atoms with E-state index in [1.165, 1.54) is 28.4 Å². The second kappa shape index (κ2) is 10.7. The predicted octanol–water partition coefficient (Wildman–Crippen LogP) is 4.02. The lowest BCUT2D eigenvalue weighted by molar-refractivity contribution is -0.123. The number of nitrogens with zero attached hydrogens (tertiary/aromatic N) is 2. The third-order valence-corrected chi connectivity index (χ3v) is 12.9. The molecule has 0 saturated carbocycles. The topological polar surface area (TPSA) is 118 Å². The van der Waals surface area contributed by atoms with Crippen LogP contribution in [0.3, 0.4) is 0 Å². The molecule has 2 heterocycles. The number of Topliss-reactive ketones (excluding diaryl/α,β-unsaturated/α-hetero) is 2. The van der Waals surface area contributed by atoms with Crippen molar-refractivity contribution in [2.45, 2.75) is 61.4 Å². The van der Waals surface area contributed by atoms with Crippen LogP contribution in [-0.4, -0.2) is 99.3 Å². The summed E-state index contributed by atoms with van der Waals surface area (Å²) in [7, 11) is 10.4. The molecule has 2 aromatic rings. The minimum absolute atomic E-state index is 0.00494. The number of likely N-dealkylation sites (tertiary alicyclic amines) is 2. The highest BCUT2D eigenvalue weighted by atomic mass is 16.5. The lowest BCUT2D eigenvalue weighted by atomic mass is 9.53. The van der Waals surface area contributed by atoms with Crippen LogP contribution in [0.25, 0.3) is 11.1 Å². The molecule has 10 heteroatoms. The summed E-state index contributed by atoms with van der Waals surface area (Å²) in [5, 5.41) is 24.4. The number of allylic oxidation sites excluding steroid dienone is 2. The van der Waals surface area contributed by atoms with Gasteiger partial charge in [-0.1, -0.05) is 0 Å². The van der Waals surface area contributed by atoms with Gasteiger partial charge < -0.3 is 39.0 Å². The van der Waals surface area contributed by atoms with Gasteiger partial charge in [0.15, 0.2) is 46.1 Å². The Labute approximate surface area is 280 Å². The smallest absolute Gasteiger partial charge is 0.197 e. The van der Waals surface area contributed by atoms with Crippen LogP contribution >= 0.6 is 0 Å². The van der Waals surface area contributed by atoms with Crippen molar-refractivity contribution < 1.29 is 38.7 Å². The van der Waals surface area contributed by atoms with E-state index in [9.17, 15) is 19.8 Å². The molecule has 10 nitrogen and oxygen atoms in total. The first-order valence-corrected chi connectivity index (χ1v) is 16.9. The SMILES string of the molecule is COC1=C[C@@H]2[C@@H]3Cc4cc(-c5cc6c(c(O)c5OC)[C@]57CCN(C)[C@@H](C6)[C@H]5C=C(OC)C(=O)C7)c(OC)c(O)c4[C@]2(CCN3C)CC1=O. The molecular formula is C38H44N2O8. The number of phenolic OH excluding ortho intramolecular Hbond substituents is 2. The minimum Gasteiger partial charge on any atom is -0.504 e. The zero-order chi connectivity index (χ0) is 33.9. The van der Waals surface area contributed by atoms with Gasteiger partial charge in [0.1, 0.15) is 0 Å². The molecule has 4 aliphatic carbocycles. The molecule has 0 spiro atoms. The maximum Gasteiger partial charge on any atom is 0.197 e. The molecule has 2 fully saturated rings. The molecular weight excluding hydrogens is 612 g/mol. The zero-order valence-corrected chi connectivity index (χ0v) is 28.5. The molecule has 2 N–H and O–H groups in total. The van der Waals surface area contributed by atoms with E-state index in [1.54, 1.807) is 0 Å². The van der Waals surface area contributed by atoms with Crippen LogP contribution < -0.4 is 9.47 Å². The number of piperidine rings is 2. The average Bonchev–Trinajstić information content (AvgIpc) is 3.06. The number of aromatic hydroxyl groups is 2. The van der Waals surface area contributed by atoms with Crippen LogP contribution in [-0.2, 0) is 42.7 Å². The maximum absolute atomic E-state index is 13.3. The number of hydrogen-bond donors (Lipinski definition) is 2. The average molecular weight is 657 g/mol. The van der Waals surface area contributed by atoms with Crippen LogP contribution in [0.5, 0.6) is 23.0 Å². The molecule has 2 aliphatic heterocycles. The second-order valence-corrected chi connectivity index (χ2v) is 14.7. The summed E-state index contributed by atoms with van der Waals surface area (Å²) in [6.45, 7) is 1.62. The zero-order valence-electron chi connectivity index (χ0n) is 28.5.